The van der Waals surface area contributed by atoms with Crippen molar-refractivity contribution in [3.8, 4) is 45.3 Å². The Morgan fingerprint density at radius 2 is 1.77 bits per heavy atom. The molecule has 1 atom stereocenters. The number of rotatable bonds is 8. The lowest BCUT2D eigenvalue weighted by Crippen LogP contribution is -2.35. The summed E-state index contributed by atoms with van der Waals surface area (Å²) in [6.45, 7) is 2.71. The zero-order chi connectivity index (χ0) is 32.5. The number of pyridine rings is 2. The third-order valence-corrected chi connectivity index (χ3v) is 9.32. The Morgan fingerprint density at radius 1 is 1.00 bits per heavy atom. The number of aromatic nitrogens is 3. The van der Waals surface area contributed by atoms with Crippen molar-refractivity contribution in [2.75, 3.05) is 26.8 Å². The van der Waals surface area contributed by atoms with Gasteiger partial charge in [0.15, 0.2) is 0 Å². The van der Waals surface area contributed by atoms with Crippen LogP contribution in [0.2, 0.25) is 10.0 Å². The first-order valence-corrected chi connectivity index (χ1v) is 16.2. The number of ether oxygens (including phenoxy) is 2. The maximum atomic E-state index is 13.2. The van der Waals surface area contributed by atoms with Crippen molar-refractivity contribution in [1.29, 1.82) is 0 Å². The van der Waals surface area contributed by atoms with E-state index in [2.05, 4.69) is 20.9 Å². The first-order chi connectivity index (χ1) is 22.9. The lowest BCUT2D eigenvalue weighted by Gasteiger charge is -2.16. The van der Waals surface area contributed by atoms with E-state index in [9.17, 15) is 9.59 Å². The molecule has 240 valence electrons. The highest BCUT2D eigenvalue weighted by Gasteiger charge is 2.22. The van der Waals surface area contributed by atoms with Gasteiger partial charge in [-0.05, 0) is 30.2 Å². The molecule has 0 aliphatic carbocycles. The van der Waals surface area contributed by atoms with Crippen molar-refractivity contribution in [2.24, 2.45) is 0 Å². The van der Waals surface area contributed by atoms with Crippen molar-refractivity contribution >= 4 is 34.8 Å². The average Bonchev–Trinajstić information content (AvgIpc) is 3.35. The van der Waals surface area contributed by atoms with Gasteiger partial charge in [-0.3, -0.25) is 14.0 Å². The van der Waals surface area contributed by atoms with Crippen LogP contribution in [-0.2, 0) is 17.9 Å². The van der Waals surface area contributed by atoms with Crippen LogP contribution in [0.3, 0.4) is 0 Å². The summed E-state index contributed by atoms with van der Waals surface area (Å²) in [5.41, 5.74) is 6.19. The maximum Gasteiger partial charge on any atom is 0.266 e. The van der Waals surface area contributed by atoms with E-state index in [1.54, 1.807) is 13.3 Å². The Balaban J connectivity index is 1.18. The van der Waals surface area contributed by atoms with Crippen LogP contribution >= 0.6 is 23.2 Å². The summed E-state index contributed by atoms with van der Waals surface area (Å²) in [4.78, 5) is 34.1. The fourth-order valence-electron chi connectivity index (χ4n) is 6.07. The Labute approximate surface area is 281 Å². The van der Waals surface area contributed by atoms with Crippen LogP contribution in [0.15, 0.2) is 71.7 Å². The summed E-state index contributed by atoms with van der Waals surface area (Å²) >= 11 is 14.2. The van der Waals surface area contributed by atoms with Crippen molar-refractivity contribution in [1.82, 2.24) is 30.3 Å². The largest absolute Gasteiger partial charge is 0.481 e. The maximum absolute atomic E-state index is 13.2. The standard InChI is InChI=1S/C35H32Cl2N6O4/c1-46-33-21(17-39-18-22-9-11-30(44)40-22)8-10-28(41-33)26-7-3-6-25(32(26)37)24-5-2-4-23(31(24)36)20-12-14-43-29(16-20)42-34-27(35(43)45)19-38-13-15-47-34/h2-8,10,12,14,16,22,38-39H,9,11,13,15,17-19H2,1H3,(H,40,44)/t22-/m1/s1. The number of hydrogen-bond donors (Lipinski definition) is 3. The van der Waals surface area contributed by atoms with Gasteiger partial charge in [0, 0.05) is 72.7 Å². The molecule has 2 aromatic carbocycles. The first kappa shape index (κ1) is 31.1. The molecule has 12 heteroatoms. The minimum atomic E-state index is -0.164. The van der Waals surface area contributed by atoms with Gasteiger partial charge in [0.2, 0.25) is 17.7 Å². The van der Waals surface area contributed by atoms with Gasteiger partial charge in [-0.1, -0.05) is 65.7 Å². The Hall–Kier alpha value is -4.48. The molecule has 7 rings (SSSR count). The summed E-state index contributed by atoms with van der Waals surface area (Å²) in [7, 11) is 1.59. The van der Waals surface area contributed by atoms with E-state index in [0.29, 0.717) is 77.9 Å². The number of carbonyl (C=O) groups excluding carboxylic acids is 1. The number of amides is 1. The highest BCUT2D eigenvalue weighted by molar-refractivity contribution is 6.39. The molecule has 3 N–H and O–H groups in total. The molecule has 0 bridgehead atoms. The zero-order valence-electron chi connectivity index (χ0n) is 25.6. The quantitative estimate of drug-likeness (QED) is 0.205. The first-order valence-electron chi connectivity index (χ1n) is 15.4. The third-order valence-electron chi connectivity index (χ3n) is 8.50. The van der Waals surface area contributed by atoms with Crippen LogP contribution in [0.4, 0.5) is 0 Å². The van der Waals surface area contributed by atoms with Crippen LogP contribution in [0.5, 0.6) is 11.8 Å². The molecular formula is C35H32Cl2N6O4. The summed E-state index contributed by atoms with van der Waals surface area (Å²) in [6.07, 6.45) is 3.12. The molecule has 5 heterocycles. The van der Waals surface area contributed by atoms with E-state index < -0.39 is 0 Å². The number of fused-ring (bicyclic) bond motifs is 2. The van der Waals surface area contributed by atoms with Crippen LogP contribution in [0, 0.1) is 0 Å². The van der Waals surface area contributed by atoms with E-state index in [0.717, 1.165) is 39.8 Å². The Morgan fingerprint density at radius 3 is 2.53 bits per heavy atom. The smallest absolute Gasteiger partial charge is 0.266 e. The fourth-order valence-corrected chi connectivity index (χ4v) is 6.73. The summed E-state index contributed by atoms with van der Waals surface area (Å²) in [5.74, 6) is 0.946. The Bertz CT molecular complexity index is 2070. The van der Waals surface area contributed by atoms with Gasteiger partial charge in [-0.15, -0.1) is 0 Å². The average molecular weight is 672 g/mol. The molecule has 0 saturated carbocycles. The number of methoxy groups -OCH3 is 1. The fraction of sp³-hybridized carbons (Fsp3) is 0.257. The molecule has 47 heavy (non-hydrogen) atoms. The van der Waals surface area contributed by atoms with E-state index in [4.69, 9.17) is 37.7 Å². The molecule has 1 amide bonds. The van der Waals surface area contributed by atoms with Crippen molar-refractivity contribution in [3.05, 3.63) is 98.4 Å². The molecule has 0 spiro atoms. The molecular weight excluding hydrogens is 639 g/mol. The van der Waals surface area contributed by atoms with Gasteiger partial charge in [0.05, 0.1) is 28.4 Å². The molecule has 5 aromatic rings. The number of nitrogens with zero attached hydrogens (tertiary/aromatic N) is 3. The summed E-state index contributed by atoms with van der Waals surface area (Å²) in [6, 6.07) is 19.3. The molecule has 1 saturated heterocycles. The second kappa shape index (κ2) is 13.3. The molecule has 1 fully saturated rings. The van der Waals surface area contributed by atoms with Gasteiger partial charge >= 0.3 is 0 Å². The minimum Gasteiger partial charge on any atom is -0.481 e. The van der Waals surface area contributed by atoms with Gasteiger partial charge in [-0.2, -0.15) is 4.98 Å². The molecule has 0 radical (unpaired) electrons. The molecule has 3 aromatic heterocycles. The van der Waals surface area contributed by atoms with Crippen molar-refractivity contribution in [3.63, 3.8) is 0 Å². The van der Waals surface area contributed by atoms with Gasteiger partial charge in [0.1, 0.15) is 12.3 Å². The van der Waals surface area contributed by atoms with E-state index in [-0.39, 0.29) is 17.5 Å². The van der Waals surface area contributed by atoms with Crippen molar-refractivity contribution < 1.29 is 14.3 Å². The number of hydrogen-bond acceptors (Lipinski definition) is 8. The van der Waals surface area contributed by atoms with Gasteiger partial charge < -0.3 is 25.4 Å². The van der Waals surface area contributed by atoms with E-state index in [1.165, 1.54) is 4.40 Å². The monoisotopic (exact) mass is 670 g/mol. The predicted octanol–water partition coefficient (Wildman–Crippen LogP) is 5.26. The Kier molecular flexibility index (Phi) is 8.83. The van der Waals surface area contributed by atoms with Crippen LogP contribution in [0.25, 0.3) is 39.2 Å². The SMILES string of the molecule is COc1nc(-c2cccc(-c3cccc(-c4ccn5c(=O)c6c(nc5c4)OCCNC6)c3Cl)c2Cl)ccc1CNC[C@H]1CCC(=O)N1. The van der Waals surface area contributed by atoms with Crippen molar-refractivity contribution in [2.45, 2.75) is 32.0 Å². The second-order valence-corrected chi connectivity index (χ2v) is 12.3. The highest BCUT2D eigenvalue weighted by atomic mass is 35.5. The lowest BCUT2D eigenvalue weighted by molar-refractivity contribution is -0.119. The molecule has 2 aliphatic heterocycles. The van der Waals surface area contributed by atoms with Crippen LogP contribution < -0.4 is 31.0 Å². The topological polar surface area (TPSA) is 119 Å². The molecule has 2 aliphatic rings. The number of nitrogens with one attached hydrogen (secondary N) is 3. The second-order valence-electron chi connectivity index (χ2n) is 11.5. The number of carbonyl (C=O) groups is 1. The van der Waals surface area contributed by atoms with Gasteiger partial charge in [-0.25, -0.2) is 4.98 Å². The predicted molar refractivity (Wildman–Crippen MR) is 182 cm³/mol. The van der Waals surface area contributed by atoms with Crippen LogP contribution in [-0.4, -0.2) is 53.1 Å². The minimum absolute atomic E-state index is 0.0958. The zero-order valence-corrected chi connectivity index (χ0v) is 27.1. The van der Waals surface area contributed by atoms with Gasteiger partial charge in [0.25, 0.3) is 5.56 Å². The normalized spacial score (nSPS) is 16.0. The van der Waals surface area contributed by atoms with E-state index >= 15 is 0 Å². The number of benzene rings is 2. The number of halogens is 2. The third kappa shape index (κ3) is 6.17. The summed E-state index contributed by atoms with van der Waals surface area (Å²) < 4.78 is 12.9. The lowest BCUT2D eigenvalue weighted by atomic mass is 9.97. The van der Waals surface area contributed by atoms with E-state index in [1.807, 2.05) is 60.7 Å². The summed E-state index contributed by atoms with van der Waals surface area (Å²) in [5, 5.41) is 10.6. The highest BCUT2D eigenvalue weighted by Crippen LogP contribution is 2.42. The molecule has 10 nitrogen and oxygen atoms in total. The van der Waals surface area contributed by atoms with Crippen LogP contribution in [0.1, 0.15) is 24.0 Å². The molecule has 0 unspecified atom stereocenters.